The predicted molar refractivity (Wildman–Crippen MR) is 78.2 cm³/mol. The zero-order chi connectivity index (χ0) is 14.0. The molecule has 0 saturated carbocycles. The first kappa shape index (κ1) is 11.5. The standard InChI is InChI=1S/C16H16N2O2/c1-8-7-10-13(16(20)18(2)15(10)19)12-9-5-3-4-6-11(9)17-14(8)12/h3-6,8,17,19-20H,7H2,1-2H3/t8-/m0/s1. The van der Waals surface area contributed by atoms with Gasteiger partial charge in [0, 0.05) is 40.7 Å². The molecule has 4 nitrogen and oxygen atoms in total. The molecule has 0 spiro atoms. The first-order chi connectivity index (χ1) is 9.59. The minimum absolute atomic E-state index is 0.135. The van der Waals surface area contributed by atoms with Gasteiger partial charge in [-0.3, -0.25) is 4.57 Å². The second kappa shape index (κ2) is 3.60. The maximum Gasteiger partial charge on any atom is 0.202 e. The molecule has 4 heteroatoms. The van der Waals surface area contributed by atoms with Gasteiger partial charge >= 0.3 is 0 Å². The Morgan fingerprint density at radius 2 is 1.90 bits per heavy atom. The lowest BCUT2D eigenvalue weighted by Crippen LogP contribution is -2.06. The SMILES string of the molecule is C[C@H]1Cc2c(c(O)n(C)c2O)-c2c1[nH]c1ccccc21. The van der Waals surface area contributed by atoms with Crippen LogP contribution in [0.3, 0.4) is 0 Å². The van der Waals surface area contributed by atoms with E-state index in [4.69, 9.17) is 0 Å². The van der Waals surface area contributed by atoms with E-state index in [0.717, 1.165) is 39.7 Å². The molecule has 1 aliphatic rings. The number of aromatic nitrogens is 2. The second-order valence-corrected chi connectivity index (χ2v) is 5.62. The number of rotatable bonds is 0. The molecule has 0 unspecified atom stereocenters. The van der Waals surface area contributed by atoms with Crippen molar-refractivity contribution < 1.29 is 10.2 Å². The number of benzene rings is 1. The molecule has 3 N–H and O–H groups in total. The fraction of sp³-hybridized carbons (Fsp3) is 0.250. The third-order valence-corrected chi connectivity index (χ3v) is 4.42. The number of fused-ring (bicyclic) bond motifs is 5. The van der Waals surface area contributed by atoms with Crippen LogP contribution in [0.5, 0.6) is 11.8 Å². The van der Waals surface area contributed by atoms with Crippen LogP contribution in [-0.2, 0) is 13.5 Å². The van der Waals surface area contributed by atoms with Crippen molar-refractivity contribution in [2.45, 2.75) is 19.3 Å². The summed E-state index contributed by atoms with van der Waals surface area (Å²) in [7, 11) is 1.68. The fourth-order valence-electron chi connectivity index (χ4n) is 3.38. The summed E-state index contributed by atoms with van der Waals surface area (Å²) in [4.78, 5) is 3.46. The molecular formula is C16H16N2O2. The van der Waals surface area contributed by atoms with E-state index in [2.05, 4.69) is 18.0 Å². The third kappa shape index (κ3) is 1.21. The van der Waals surface area contributed by atoms with Crippen molar-refractivity contribution in [3.05, 3.63) is 35.5 Å². The predicted octanol–water partition coefficient (Wildman–Crippen LogP) is 3.24. The molecule has 3 aromatic rings. The molecule has 1 aromatic carbocycles. The Hall–Kier alpha value is -2.36. The second-order valence-electron chi connectivity index (χ2n) is 5.62. The fourth-order valence-corrected chi connectivity index (χ4v) is 3.38. The van der Waals surface area contributed by atoms with Crippen molar-refractivity contribution in [2.75, 3.05) is 0 Å². The quantitative estimate of drug-likeness (QED) is 0.586. The molecule has 20 heavy (non-hydrogen) atoms. The van der Waals surface area contributed by atoms with E-state index >= 15 is 0 Å². The molecule has 4 rings (SSSR count). The summed E-state index contributed by atoms with van der Waals surface area (Å²) < 4.78 is 1.45. The van der Waals surface area contributed by atoms with Gasteiger partial charge in [0.05, 0.1) is 5.56 Å². The topological polar surface area (TPSA) is 61.2 Å². The van der Waals surface area contributed by atoms with Gasteiger partial charge in [0.2, 0.25) is 5.88 Å². The van der Waals surface area contributed by atoms with Crippen LogP contribution in [0.4, 0.5) is 0 Å². The number of aromatic amines is 1. The molecule has 1 aliphatic carbocycles. The summed E-state index contributed by atoms with van der Waals surface area (Å²) in [6.45, 7) is 2.14. The highest BCUT2D eigenvalue weighted by molar-refractivity contribution is 6.01. The van der Waals surface area contributed by atoms with Gasteiger partial charge in [-0.15, -0.1) is 0 Å². The lowest BCUT2D eigenvalue weighted by atomic mass is 9.84. The van der Waals surface area contributed by atoms with Gasteiger partial charge < -0.3 is 15.2 Å². The third-order valence-electron chi connectivity index (χ3n) is 4.42. The van der Waals surface area contributed by atoms with Gasteiger partial charge in [-0.05, 0) is 12.5 Å². The Kier molecular flexibility index (Phi) is 2.06. The molecule has 0 saturated heterocycles. The average molecular weight is 268 g/mol. The van der Waals surface area contributed by atoms with Crippen molar-refractivity contribution in [1.82, 2.24) is 9.55 Å². The molecule has 1 atom stereocenters. The smallest absolute Gasteiger partial charge is 0.202 e. The van der Waals surface area contributed by atoms with Gasteiger partial charge in [-0.2, -0.15) is 0 Å². The number of nitrogens with zero attached hydrogens (tertiary/aromatic N) is 1. The van der Waals surface area contributed by atoms with Crippen molar-refractivity contribution in [3.63, 3.8) is 0 Å². The number of hydrogen-bond acceptors (Lipinski definition) is 2. The number of H-pyrrole nitrogens is 1. The summed E-state index contributed by atoms with van der Waals surface area (Å²) >= 11 is 0. The molecule has 0 bridgehead atoms. The molecule has 0 radical (unpaired) electrons. The van der Waals surface area contributed by atoms with Gasteiger partial charge in [-0.25, -0.2) is 0 Å². The minimum Gasteiger partial charge on any atom is -0.494 e. The van der Waals surface area contributed by atoms with Gasteiger partial charge in [-0.1, -0.05) is 25.1 Å². The summed E-state index contributed by atoms with van der Waals surface area (Å²) in [5.41, 5.74) is 4.85. The Morgan fingerprint density at radius 1 is 1.15 bits per heavy atom. The van der Waals surface area contributed by atoms with E-state index in [1.54, 1.807) is 7.05 Å². The highest BCUT2D eigenvalue weighted by Crippen LogP contribution is 2.51. The van der Waals surface area contributed by atoms with Gasteiger partial charge in [0.1, 0.15) is 0 Å². The monoisotopic (exact) mass is 268 g/mol. The highest BCUT2D eigenvalue weighted by Gasteiger charge is 2.33. The highest BCUT2D eigenvalue weighted by atomic mass is 16.3. The van der Waals surface area contributed by atoms with E-state index in [1.165, 1.54) is 4.57 Å². The van der Waals surface area contributed by atoms with Crippen molar-refractivity contribution in [2.24, 2.45) is 7.05 Å². The molecule has 2 aromatic heterocycles. The maximum atomic E-state index is 10.4. The van der Waals surface area contributed by atoms with Crippen molar-refractivity contribution >= 4 is 10.9 Å². The summed E-state index contributed by atoms with van der Waals surface area (Å²) in [5.74, 6) is 0.591. The van der Waals surface area contributed by atoms with Crippen LogP contribution < -0.4 is 0 Å². The number of para-hydroxylation sites is 1. The normalized spacial score (nSPS) is 17.2. The van der Waals surface area contributed by atoms with Crippen LogP contribution in [0, 0.1) is 0 Å². The Labute approximate surface area is 116 Å². The molecule has 0 fully saturated rings. The van der Waals surface area contributed by atoms with E-state index in [9.17, 15) is 10.2 Å². The zero-order valence-corrected chi connectivity index (χ0v) is 11.4. The van der Waals surface area contributed by atoms with Crippen LogP contribution >= 0.6 is 0 Å². The number of aromatic hydroxyl groups is 2. The summed E-state index contributed by atoms with van der Waals surface area (Å²) in [5, 5.41) is 21.7. The Balaban J connectivity index is 2.18. The van der Waals surface area contributed by atoms with E-state index < -0.39 is 0 Å². The molecule has 0 aliphatic heterocycles. The van der Waals surface area contributed by atoms with E-state index in [-0.39, 0.29) is 17.7 Å². The van der Waals surface area contributed by atoms with Crippen LogP contribution in [0.15, 0.2) is 24.3 Å². The lowest BCUT2D eigenvalue weighted by molar-refractivity contribution is 0.385. The summed E-state index contributed by atoms with van der Waals surface area (Å²) in [6, 6.07) is 8.09. The zero-order valence-electron chi connectivity index (χ0n) is 11.4. The van der Waals surface area contributed by atoms with Crippen LogP contribution in [0.25, 0.3) is 22.0 Å². The number of nitrogens with one attached hydrogen (secondary N) is 1. The minimum atomic E-state index is 0.135. The maximum absolute atomic E-state index is 10.4. The molecule has 102 valence electrons. The average Bonchev–Trinajstić information content (AvgIpc) is 2.93. The van der Waals surface area contributed by atoms with E-state index in [0.29, 0.717) is 0 Å². The molecule has 0 amide bonds. The van der Waals surface area contributed by atoms with Crippen molar-refractivity contribution in [1.29, 1.82) is 0 Å². The lowest BCUT2D eigenvalue weighted by Gasteiger charge is -2.19. The van der Waals surface area contributed by atoms with E-state index in [1.807, 2.05) is 18.2 Å². The molecular weight excluding hydrogens is 252 g/mol. The number of hydrogen-bond donors (Lipinski definition) is 3. The Bertz CT molecular complexity index is 842. The largest absolute Gasteiger partial charge is 0.494 e. The summed E-state index contributed by atoms with van der Waals surface area (Å²) in [6.07, 6.45) is 0.732. The Morgan fingerprint density at radius 3 is 2.70 bits per heavy atom. The molecule has 2 heterocycles. The van der Waals surface area contributed by atoms with Crippen LogP contribution in [-0.4, -0.2) is 19.8 Å². The van der Waals surface area contributed by atoms with Gasteiger partial charge in [0.15, 0.2) is 5.88 Å². The first-order valence-electron chi connectivity index (χ1n) is 6.80. The first-order valence-corrected chi connectivity index (χ1v) is 6.80. The van der Waals surface area contributed by atoms with Crippen LogP contribution in [0.2, 0.25) is 0 Å². The van der Waals surface area contributed by atoms with Gasteiger partial charge in [0.25, 0.3) is 0 Å². The van der Waals surface area contributed by atoms with Crippen LogP contribution in [0.1, 0.15) is 24.1 Å². The van der Waals surface area contributed by atoms with Crippen molar-refractivity contribution in [3.8, 4) is 22.9 Å².